The van der Waals surface area contributed by atoms with Gasteiger partial charge in [-0.25, -0.2) is 4.98 Å². The van der Waals surface area contributed by atoms with E-state index in [1.165, 1.54) is 10.8 Å². The zero-order valence-corrected chi connectivity index (χ0v) is 9.91. The minimum atomic E-state index is -4.61. The second-order valence-electron chi connectivity index (χ2n) is 3.93. The zero-order chi connectivity index (χ0) is 13.2. The molecule has 7 heteroatoms. The highest BCUT2D eigenvalue weighted by Gasteiger charge is 2.38. The van der Waals surface area contributed by atoms with Gasteiger partial charge >= 0.3 is 6.18 Å². The maximum Gasteiger partial charge on any atom is 0.416 e. The average molecular weight is 251 g/mol. The highest BCUT2D eigenvalue weighted by Crippen LogP contribution is 2.22. The van der Waals surface area contributed by atoms with E-state index in [1.54, 1.807) is 14.0 Å². The average Bonchev–Trinajstić information content (AvgIpc) is 2.58. The van der Waals surface area contributed by atoms with Gasteiger partial charge in [0.1, 0.15) is 5.82 Å². The fourth-order valence-electron chi connectivity index (χ4n) is 1.36. The van der Waals surface area contributed by atoms with Gasteiger partial charge in [0, 0.05) is 12.2 Å². The molecule has 2 unspecified atom stereocenters. The van der Waals surface area contributed by atoms with E-state index in [4.69, 9.17) is 5.11 Å². The Labute approximate surface area is 97.5 Å². The SMILES string of the molecule is CNC(C)c1cn(CC(O)C(F)(F)F)c(C)n1. The summed E-state index contributed by atoms with van der Waals surface area (Å²) >= 11 is 0. The van der Waals surface area contributed by atoms with Crippen molar-refractivity contribution in [3.63, 3.8) is 0 Å². The van der Waals surface area contributed by atoms with E-state index < -0.39 is 18.8 Å². The maximum atomic E-state index is 12.2. The number of aromatic nitrogens is 2. The summed E-state index contributed by atoms with van der Waals surface area (Å²) < 4.78 is 37.9. The van der Waals surface area contributed by atoms with Crippen LogP contribution < -0.4 is 5.32 Å². The Kier molecular flexibility index (Phi) is 4.16. The van der Waals surface area contributed by atoms with Crippen LogP contribution in [0.1, 0.15) is 24.5 Å². The molecule has 0 bridgehead atoms. The smallest absolute Gasteiger partial charge is 0.382 e. The Bertz CT molecular complexity index is 375. The number of aryl methyl sites for hydroxylation is 1. The maximum absolute atomic E-state index is 12.2. The second kappa shape index (κ2) is 5.05. The highest BCUT2D eigenvalue weighted by atomic mass is 19.4. The fraction of sp³-hybridized carbons (Fsp3) is 0.700. The minimum absolute atomic E-state index is 0.0435. The van der Waals surface area contributed by atoms with Gasteiger partial charge in [0.2, 0.25) is 0 Å². The molecule has 2 N–H and O–H groups in total. The first kappa shape index (κ1) is 14.0. The third kappa shape index (κ3) is 3.44. The molecular formula is C10H16F3N3O. The summed E-state index contributed by atoms with van der Waals surface area (Å²) in [4.78, 5) is 4.14. The van der Waals surface area contributed by atoms with E-state index in [1.807, 2.05) is 6.92 Å². The first-order valence-electron chi connectivity index (χ1n) is 5.21. The van der Waals surface area contributed by atoms with E-state index in [0.717, 1.165) is 0 Å². The molecule has 0 spiro atoms. The van der Waals surface area contributed by atoms with Crippen molar-refractivity contribution in [2.75, 3.05) is 7.05 Å². The Morgan fingerprint density at radius 1 is 1.53 bits per heavy atom. The molecule has 0 fully saturated rings. The van der Waals surface area contributed by atoms with Crippen LogP contribution in [0, 0.1) is 6.92 Å². The molecule has 0 saturated carbocycles. The number of imidazole rings is 1. The van der Waals surface area contributed by atoms with Crippen LogP contribution in [0.25, 0.3) is 0 Å². The molecule has 0 aliphatic rings. The normalized spacial score (nSPS) is 15.9. The predicted molar refractivity (Wildman–Crippen MR) is 56.5 cm³/mol. The number of alkyl halides is 3. The van der Waals surface area contributed by atoms with Crippen LogP contribution in [0.4, 0.5) is 13.2 Å². The monoisotopic (exact) mass is 251 g/mol. The van der Waals surface area contributed by atoms with Crippen LogP contribution in [0.15, 0.2) is 6.20 Å². The molecule has 0 saturated heterocycles. The molecule has 1 aromatic rings. The molecule has 0 aromatic carbocycles. The van der Waals surface area contributed by atoms with Crippen molar-refractivity contribution in [1.82, 2.24) is 14.9 Å². The van der Waals surface area contributed by atoms with Crippen molar-refractivity contribution in [2.24, 2.45) is 0 Å². The third-order valence-electron chi connectivity index (χ3n) is 2.62. The van der Waals surface area contributed by atoms with Crippen LogP contribution >= 0.6 is 0 Å². The topological polar surface area (TPSA) is 50.1 Å². The molecule has 0 aliphatic carbocycles. The van der Waals surface area contributed by atoms with Crippen LogP contribution in [-0.4, -0.2) is 34.0 Å². The van der Waals surface area contributed by atoms with E-state index in [2.05, 4.69) is 10.3 Å². The van der Waals surface area contributed by atoms with Gasteiger partial charge in [-0.1, -0.05) is 0 Å². The lowest BCUT2D eigenvalue weighted by atomic mass is 10.2. The van der Waals surface area contributed by atoms with Crippen LogP contribution in [0.2, 0.25) is 0 Å². The van der Waals surface area contributed by atoms with Crippen molar-refractivity contribution >= 4 is 0 Å². The molecular weight excluding hydrogens is 235 g/mol. The number of halogens is 3. The molecule has 98 valence electrons. The molecule has 0 aliphatic heterocycles. The molecule has 1 heterocycles. The zero-order valence-electron chi connectivity index (χ0n) is 9.91. The van der Waals surface area contributed by atoms with E-state index in [-0.39, 0.29) is 6.04 Å². The molecule has 2 atom stereocenters. The Balaban J connectivity index is 2.82. The van der Waals surface area contributed by atoms with Gasteiger partial charge in [-0.2, -0.15) is 13.2 Å². The van der Waals surface area contributed by atoms with Crippen LogP contribution in [0.5, 0.6) is 0 Å². The van der Waals surface area contributed by atoms with Crippen molar-refractivity contribution in [3.8, 4) is 0 Å². The van der Waals surface area contributed by atoms with Gasteiger partial charge in [0.15, 0.2) is 6.10 Å². The number of nitrogens with zero attached hydrogens (tertiary/aromatic N) is 2. The van der Waals surface area contributed by atoms with Crippen LogP contribution in [0.3, 0.4) is 0 Å². The Morgan fingerprint density at radius 2 is 2.12 bits per heavy atom. The molecule has 1 rings (SSSR count). The Hall–Kier alpha value is -1.08. The van der Waals surface area contributed by atoms with Gasteiger partial charge in [0.05, 0.1) is 12.2 Å². The summed E-state index contributed by atoms with van der Waals surface area (Å²) in [5, 5.41) is 11.9. The van der Waals surface area contributed by atoms with Crippen molar-refractivity contribution in [1.29, 1.82) is 0 Å². The van der Waals surface area contributed by atoms with Gasteiger partial charge in [-0.15, -0.1) is 0 Å². The minimum Gasteiger partial charge on any atom is -0.382 e. The number of hydrogen-bond donors (Lipinski definition) is 2. The standard InChI is InChI=1S/C10H16F3N3O/c1-6(14-3)8-4-16(7(2)15-8)5-9(17)10(11,12)13/h4,6,9,14,17H,5H2,1-3H3. The number of aliphatic hydroxyl groups is 1. The lowest BCUT2D eigenvalue weighted by Crippen LogP contribution is -2.32. The number of nitrogens with one attached hydrogen (secondary N) is 1. The van der Waals surface area contributed by atoms with E-state index in [0.29, 0.717) is 11.5 Å². The second-order valence-corrected chi connectivity index (χ2v) is 3.93. The lowest BCUT2D eigenvalue weighted by Gasteiger charge is -2.15. The summed E-state index contributed by atoms with van der Waals surface area (Å²) in [6, 6.07) is -0.0435. The van der Waals surface area contributed by atoms with Gasteiger partial charge in [-0.3, -0.25) is 0 Å². The van der Waals surface area contributed by atoms with E-state index >= 15 is 0 Å². The molecule has 4 nitrogen and oxygen atoms in total. The molecule has 1 aromatic heterocycles. The largest absolute Gasteiger partial charge is 0.416 e. The fourth-order valence-corrected chi connectivity index (χ4v) is 1.36. The first-order valence-corrected chi connectivity index (χ1v) is 5.21. The van der Waals surface area contributed by atoms with Crippen molar-refractivity contribution in [2.45, 2.75) is 38.7 Å². The summed E-state index contributed by atoms with van der Waals surface area (Å²) in [6.07, 6.45) is -5.45. The molecule has 0 radical (unpaired) electrons. The predicted octanol–water partition coefficient (Wildman–Crippen LogP) is 1.40. The first-order chi connectivity index (χ1) is 7.75. The molecule has 17 heavy (non-hydrogen) atoms. The van der Waals surface area contributed by atoms with Crippen molar-refractivity contribution < 1.29 is 18.3 Å². The quantitative estimate of drug-likeness (QED) is 0.850. The number of rotatable bonds is 4. The summed E-state index contributed by atoms with van der Waals surface area (Å²) in [5.74, 6) is 0.449. The summed E-state index contributed by atoms with van der Waals surface area (Å²) in [5.41, 5.74) is 0.652. The highest BCUT2D eigenvalue weighted by molar-refractivity contribution is 5.07. The van der Waals surface area contributed by atoms with Gasteiger partial charge in [-0.05, 0) is 20.9 Å². The van der Waals surface area contributed by atoms with Gasteiger partial charge in [0.25, 0.3) is 0 Å². The summed E-state index contributed by atoms with van der Waals surface area (Å²) in [7, 11) is 1.74. The van der Waals surface area contributed by atoms with Gasteiger partial charge < -0.3 is 15.0 Å². The number of aliphatic hydroxyl groups excluding tert-OH is 1. The summed E-state index contributed by atoms with van der Waals surface area (Å²) in [6.45, 7) is 2.93. The number of hydrogen-bond acceptors (Lipinski definition) is 3. The van der Waals surface area contributed by atoms with E-state index in [9.17, 15) is 13.2 Å². The van der Waals surface area contributed by atoms with Crippen LogP contribution in [-0.2, 0) is 6.54 Å². The molecule has 0 amide bonds. The third-order valence-corrected chi connectivity index (χ3v) is 2.62. The Morgan fingerprint density at radius 3 is 2.59 bits per heavy atom. The lowest BCUT2D eigenvalue weighted by molar-refractivity contribution is -0.207. The van der Waals surface area contributed by atoms with Crippen molar-refractivity contribution in [3.05, 3.63) is 17.7 Å².